The van der Waals surface area contributed by atoms with Gasteiger partial charge >= 0.3 is 0 Å². The van der Waals surface area contributed by atoms with Crippen LogP contribution in [-0.2, 0) is 13.0 Å². The van der Waals surface area contributed by atoms with Crippen LogP contribution in [0.25, 0.3) is 11.1 Å². The lowest BCUT2D eigenvalue weighted by Crippen LogP contribution is -2.05. The Bertz CT molecular complexity index is 610. The Labute approximate surface area is 118 Å². The van der Waals surface area contributed by atoms with Crippen LogP contribution in [-0.4, -0.2) is 13.7 Å². The number of para-hydroxylation sites is 1. The van der Waals surface area contributed by atoms with Crippen molar-refractivity contribution < 1.29 is 4.74 Å². The molecule has 0 aromatic heterocycles. The molecule has 2 nitrogen and oxygen atoms in total. The maximum Gasteiger partial charge on any atom is 0.130 e. The first-order chi connectivity index (χ1) is 9.29. The van der Waals surface area contributed by atoms with Gasteiger partial charge in [-0.1, -0.05) is 35.9 Å². The smallest absolute Gasteiger partial charge is 0.130 e. The molecule has 19 heavy (non-hydrogen) atoms. The Morgan fingerprint density at radius 1 is 1.26 bits per heavy atom. The highest BCUT2D eigenvalue weighted by molar-refractivity contribution is 6.31. The van der Waals surface area contributed by atoms with E-state index in [1.807, 2.05) is 13.1 Å². The minimum atomic E-state index is 0.766. The number of rotatable bonds is 3. The van der Waals surface area contributed by atoms with Gasteiger partial charge in [0, 0.05) is 23.6 Å². The summed E-state index contributed by atoms with van der Waals surface area (Å²) in [5.74, 6) is 1.03. The first-order valence-corrected chi connectivity index (χ1v) is 6.85. The zero-order valence-corrected chi connectivity index (χ0v) is 11.6. The molecule has 1 N–H and O–H groups in total. The predicted molar refractivity (Wildman–Crippen MR) is 78.9 cm³/mol. The Hall–Kier alpha value is -1.51. The van der Waals surface area contributed by atoms with Crippen molar-refractivity contribution in [3.8, 4) is 16.9 Å². The molecule has 0 aliphatic carbocycles. The molecule has 0 saturated heterocycles. The van der Waals surface area contributed by atoms with E-state index in [-0.39, 0.29) is 0 Å². The zero-order valence-electron chi connectivity index (χ0n) is 10.9. The number of hydrogen-bond donors (Lipinski definition) is 1. The van der Waals surface area contributed by atoms with Crippen molar-refractivity contribution in [2.24, 2.45) is 0 Å². The molecule has 0 fully saturated rings. The fraction of sp³-hybridized carbons (Fsp3) is 0.250. The number of halogens is 1. The second kappa shape index (κ2) is 5.24. The van der Waals surface area contributed by atoms with Crippen molar-refractivity contribution in [2.45, 2.75) is 13.0 Å². The van der Waals surface area contributed by atoms with Crippen LogP contribution < -0.4 is 10.1 Å². The normalized spacial score (nSPS) is 13.2. The summed E-state index contributed by atoms with van der Waals surface area (Å²) >= 11 is 6.21. The van der Waals surface area contributed by atoms with Gasteiger partial charge in [0.15, 0.2) is 0 Å². The number of ether oxygens (including phenoxy) is 1. The van der Waals surface area contributed by atoms with E-state index in [9.17, 15) is 0 Å². The van der Waals surface area contributed by atoms with Crippen molar-refractivity contribution in [3.05, 3.63) is 52.5 Å². The molecular formula is C16H16ClNO. The van der Waals surface area contributed by atoms with E-state index in [0.717, 1.165) is 47.0 Å². The van der Waals surface area contributed by atoms with Gasteiger partial charge in [-0.25, -0.2) is 0 Å². The Kier molecular flexibility index (Phi) is 3.45. The molecule has 0 radical (unpaired) electrons. The Morgan fingerprint density at radius 3 is 3.00 bits per heavy atom. The van der Waals surface area contributed by atoms with Crippen LogP contribution >= 0.6 is 11.6 Å². The second-order valence-corrected chi connectivity index (χ2v) is 5.14. The zero-order chi connectivity index (χ0) is 13.2. The summed E-state index contributed by atoms with van der Waals surface area (Å²) < 4.78 is 5.77. The van der Waals surface area contributed by atoms with Gasteiger partial charge < -0.3 is 10.1 Å². The average molecular weight is 274 g/mol. The van der Waals surface area contributed by atoms with E-state index in [4.69, 9.17) is 16.3 Å². The monoisotopic (exact) mass is 273 g/mol. The van der Waals surface area contributed by atoms with Crippen LogP contribution in [0.3, 0.4) is 0 Å². The van der Waals surface area contributed by atoms with Crippen LogP contribution in [0, 0.1) is 0 Å². The SMILES string of the molecule is CNCc1cc(-c2cccc3c2OCC3)ccc1Cl. The van der Waals surface area contributed by atoms with Gasteiger partial charge in [-0.15, -0.1) is 0 Å². The van der Waals surface area contributed by atoms with E-state index in [1.165, 1.54) is 5.56 Å². The Morgan fingerprint density at radius 2 is 2.16 bits per heavy atom. The van der Waals surface area contributed by atoms with Crippen LogP contribution in [0.2, 0.25) is 5.02 Å². The maximum atomic E-state index is 6.21. The Balaban J connectivity index is 2.07. The van der Waals surface area contributed by atoms with Gasteiger partial charge in [-0.05, 0) is 35.9 Å². The molecule has 2 aromatic carbocycles. The van der Waals surface area contributed by atoms with Gasteiger partial charge in [0.1, 0.15) is 5.75 Å². The molecule has 0 amide bonds. The minimum Gasteiger partial charge on any atom is -0.492 e. The summed E-state index contributed by atoms with van der Waals surface area (Å²) in [4.78, 5) is 0. The highest BCUT2D eigenvalue weighted by atomic mass is 35.5. The first kappa shape index (κ1) is 12.5. The number of fused-ring (bicyclic) bond motifs is 1. The number of hydrogen-bond acceptors (Lipinski definition) is 2. The second-order valence-electron chi connectivity index (χ2n) is 4.73. The summed E-state index contributed by atoms with van der Waals surface area (Å²) in [6.07, 6.45) is 1.00. The van der Waals surface area contributed by atoms with E-state index >= 15 is 0 Å². The highest BCUT2D eigenvalue weighted by Crippen LogP contribution is 2.37. The van der Waals surface area contributed by atoms with E-state index < -0.39 is 0 Å². The van der Waals surface area contributed by atoms with Crippen molar-refractivity contribution in [1.82, 2.24) is 5.32 Å². The van der Waals surface area contributed by atoms with Gasteiger partial charge in [0.25, 0.3) is 0 Å². The van der Waals surface area contributed by atoms with Gasteiger partial charge in [0.2, 0.25) is 0 Å². The molecule has 1 heterocycles. The van der Waals surface area contributed by atoms with Gasteiger partial charge in [-0.2, -0.15) is 0 Å². The van der Waals surface area contributed by atoms with Crippen LogP contribution in [0.15, 0.2) is 36.4 Å². The van der Waals surface area contributed by atoms with E-state index in [2.05, 4.69) is 35.6 Å². The topological polar surface area (TPSA) is 21.3 Å². The number of nitrogens with one attached hydrogen (secondary N) is 1. The molecule has 98 valence electrons. The third kappa shape index (κ3) is 2.34. The van der Waals surface area contributed by atoms with E-state index in [1.54, 1.807) is 0 Å². The molecule has 0 unspecified atom stereocenters. The minimum absolute atomic E-state index is 0.766. The molecule has 0 saturated carbocycles. The molecule has 3 rings (SSSR count). The van der Waals surface area contributed by atoms with Crippen molar-refractivity contribution in [1.29, 1.82) is 0 Å². The van der Waals surface area contributed by atoms with Crippen LogP contribution in [0.1, 0.15) is 11.1 Å². The van der Waals surface area contributed by atoms with Crippen LogP contribution in [0.4, 0.5) is 0 Å². The van der Waals surface area contributed by atoms with Crippen molar-refractivity contribution >= 4 is 11.6 Å². The fourth-order valence-corrected chi connectivity index (χ4v) is 2.70. The highest BCUT2D eigenvalue weighted by Gasteiger charge is 2.17. The van der Waals surface area contributed by atoms with Crippen molar-refractivity contribution in [3.63, 3.8) is 0 Å². The lowest BCUT2D eigenvalue weighted by molar-refractivity contribution is 0.358. The summed E-state index contributed by atoms with van der Waals surface area (Å²) in [6.45, 7) is 1.55. The third-order valence-electron chi connectivity index (χ3n) is 3.44. The maximum absolute atomic E-state index is 6.21. The standard InChI is InChI=1S/C16H16ClNO/c1-18-10-13-9-12(5-6-15(13)17)14-4-2-3-11-7-8-19-16(11)14/h2-6,9,18H,7-8,10H2,1H3. The summed E-state index contributed by atoms with van der Waals surface area (Å²) in [7, 11) is 1.92. The van der Waals surface area contributed by atoms with Crippen molar-refractivity contribution in [2.75, 3.05) is 13.7 Å². The van der Waals surface area contributed by atoms with E-state index in [0.29, 0.717) is 0 Å². The summed E-state index contributed by atoms with van der Waals surface area (Å²) in [5.41, 5.74) is 4.72. The average Bonchev–Trinajstić information content (AvgIpc) is 2.90. The molecule has 1 aliphatic heterocycles. The lowest BCUT2D eigenvalue weighted by Gasteiger charge is -2.11. The van der Waals surface area contributed by atoms with Gasteiger partial charge in [-0.3, -0.25) is 0 Å². The largest absolute Gasteiger partial charge is 0.492 e. The molecule has 0 spiro atoms. The third-order valence-corrected chi connectivity index (χ3v) is 3.81. The summed E-state index contributed by atoms with van der Waals surface area (Å²) in [6, 6.07) is 12.5. The van der Waals surface area contributed by atoms with Gasteiger partial charge in [0.05, 0.1) is 6.61 Å². The fourth-order valence-electron chi connectivity index (χ4n) is 2.51. The lowest BCUT2D eigenvalue weighted by atomic mass is 9.99. The first-order valence-electron chi connectivity index (χ1n) is 6.47. The predicted octanol–water partition coefficient (Wildman–Crippen LogP) is 3.66. The molecular weight excluding hydrogens is 258 g/mol. The molecule has 1 aliphatic rings. The number of benzene rings is 2. The van der Waals surface area contributed by atoms with Crippen LogP contribution in [0.5, 0.6) is 5.75 Å². The molecule has 2 aromatic rings. The molecule has 0 bridgehead atoms. The summed E-state index contributed by atoms with van der Waals surface area (Å²) in [5, 5.41) is 3.94. The molecule has 0 atom stereocenters. The molecule has 3 heteroatoms. The quantitative estimate of drug-likeness (QED) is 0.921.